The predicted octanol–water partition coefficient (Wildman–Crippen LogP) is 3.83. The molecule has 2 aromatic rings. The van der Waals surface area contributed by atoms with Gasteiger partial charge < -0.3 is 19.5 Å². The quantitative estimate of drug-likeness (QED) is 0.735. The molecule has 0 aliphatic carbocycles. The molecular weight excluding hydrogens is 342 g/mol. The number of rotatable bonds is 9. The van der Waals surface area contributed by atoms with Gasteiger partial charge in [-0.1, -0.05) is 17.7 Å². The van der Waals surface area contributed by atoms with Crippen molar-refractivity contribution in [3.05, 3.63) is 53.1 Å². The van der Waals surface area contributed by atoms with E-state index < -0.39 is 0 Å². The fourth-order valence-electron chi connectivity index (χ4n) is 2.14. The third kappa shape index (κ3) is 6.19. The molecule has 5 nitrogen and oxygen atoms in total. The summed E-state index contributed by atoms with van der Waals surface area (Å²) in [5, 5.41) is 3.44. The molecule has 0 heterocycles. The molecule has 2 rings (SSSR count). The van der Waals surface area contributed by atoms with Crippen molar-refractivity contribution >= 4 is 17.5 Å². The fourth-order valence-corrected chi connectivity index (χ4v) is 2.26. The molecule has 0 fully saturated rings. The number of hydrogen-bond acceptors (Lipinski definition) is 4. The molecule has 1 N–H and O–H groups in total. The molecule has 0 bridgehead atoms. The molecule has 1 amide bonds. The molecule has 0 aliphatic rings. The maximum Gasteiger partial charge on any atom is 0.258 e. The molecule has 0 aliphatic heterocycles. The molecule has 25 heavy (non-hydrogen) atoms. The molecule has 134 valence electrons. The number of hydrogen-bond donors (Lipinski definition) is 1. The van der Waals surface area contributed by atoms with Crippen LogP contribution in [0.3, 0.4) is 0 Å². The van der Waals surface area contributed by atoms with Crippen molar-refractivity contribution < 1.29 is 19.0 Å². The monoisotopic (exact) mass is 363 g/mol. The first-order chi connectivity index (χ1) is 12.1. The summed E-state index contributed by atoms with van der Waals surface area (Å²) in [6, 6.07) is 12.5. The number of benzene rings is 2. The summed E-state index contributed by atoms with van der Waals surface area (Å²) in [5.41, 5.74) is 0.923. The Bertz CT molecular complexity index is 688. The van der Waals surface area contributed by atoms with Gasteiger partial charge in [-0.25, -0.2) is 0 Å². The molecule has 6 heteroatoms. The van der Waals surface area contributed by atoms with E-state index in [1.165, 1.54) is 0 Å². The standard InChI is InChI=1S/C19H22ClNO4/c1-3-23-17-10-5-14(11-18(17)24-4-2)12-21-19(22)13-25-16-8-6-15(20)7-9-16/h5-11H,3-4,12-13H2,1-2H3,(H,21,22). The molecule has 0 saturated carbocycles. The van der Waals surface area contributed by atoms with E-state index in [-0.39, 0.29) is 12.5 Å². The molecule has 0 aromatic heterocycles. The number of carbonyl (C=O) groups excluding carboxylic acids is 1. The first kappa shape index (κ1) is 18.9. The van der Waals surface area contributed by atoms with Crippen LogP contribution in [-0.4, -0.2) is 25.7 Å². The second-order valence-corrected chi connectivity index (χ2v) is 5.60. The smallest absolute Gasteiger partial charge is 0.258 e. The molecular formula is C19H22ClNO4. The normalized spacial score (nSPS) is 10.2. The SMILES string of the molecule is CCOc1ccc(CNC(=O)COc2ccc(Cl)cc2)cc1OCC. The predicted molar refractivity (Wildman–Crippen MR) is 97.6 cm³/mol. The number of nitrogens with one attached hydrogen (secondary N) is 1. The minimum Gasteiger partial charge on any atom is -0.490 e. The number of amides is 1. The summed E-state index contributed by atoms with van der Waals surface area (Å²) in [5.74, 6) is 1.76. The molecule has 0 atom stereocenters. The Balaban J connectivity index is 1.86. The zero-order valence-electron chi connectivity index (χ0n) is 14.4. The lowest BCUT2D eigenvalue weighted by molar-refractivity contribution is -0.123. The van der Waals surface area contributed by atoms with Gasteiger partial charge in [-0.3, -0.25) is 4.79 Å². The zero-order chi connectivity index (χ0) is 18.1. The third-order valence-corrected chi connectivity index (χ3v) is 3.53. The highest BCUT2D eigenvalue weighted by Gasteiger charge is 2.08. The third-order valence-electron chi connectivity index (χ3n) is 3.28. The maximum absolute atomic E-state index is 11.9. The van der Waals surface area contributed by atoms with Crippen molar-refractivity contribution in [2.24, 2.45) is 0 Å². The fraction of sp³-hybridized carbons (Fsp3) is 0.316. The minimum atomic E-state index is -0.207. The number of ether oxygens (including phenoxy) is 3. The van der Waals surface area contributed by atoms with E-state index in [1.807, 2.05) is 32.0 Å². The highest BCUT2D eigenvalue weighted by Crippen LogP contribution is 2.28. The van der Waals surface area contributed by atoms with Crippen LogP contribution in [-0.2, 0) is 11.3 Å². The largest absolute Gasteiger partial charge is 0.490 e. The lowest BCUT2D eigenvalue weighted by Gasteiger charge is -2.13. The van der Waals surface area contributed by atoms with E-state index in [1.54, 1.807) is 24.3 Å². The van der Waals surface area contributed by atoms with Gasteiger partial charge in [0.15, 0.2) is 18.1 Å². The van der Waals surface area contributed by atoms with Crippen LogP contribution in [0.1, 0.15) is 19.4 Å². The van der Waals surface area contributed by atoms with Crippen LogP contribution in [0, 0.1) is 0 Å². The molecule has 0 saturated heterocycles. The second-order valence-electron chi connectivity index (χ2n) is 5.17. The van der Waals surface area contributed by atoms with Crippen LogP contribution in [0.2, 0.25) is 5.02 Å². The summed E-state index contributed by atoms with van der Waals surface area (Å²) >= 11 is 5.80. The molecule has 0 radical (unpaired) electrons. The van der Waals surface area contributed by atoms with Crippen LogP contribution in [0.25, 0.3) is 0 Å². The van der Waals surface area contributed by atoms with Crippen molar-refractivity contribution in [1.29, 1.82) is 0 Å². The average molecular weight is 364 g/mol. The van der Waals surface area contributed by atoms with E-state index in [9.17, 15) is 4.79 Å². The summed E-state index contributed by atoms with van der Waals surface area (Å²) in [6.07, 6.45) is 0. The van der Waals surface area contributed by atoms with E-state index >= 15 is 0 Å². The Morgan fingerprint density at radius 1 is 0.960 bits per heavy atom. The topological polar surface area (TPSA) is 56.8 Å². The number of halogens is 1. The second kappa shape index (κ2) is 9.79. The van der Waals surface area contributed by atoms with E-state index in [2.05, 4.69) is 5.32 Å². The van der Waals surface area contributed by atoms with E-state index in [0.29, 0.717) is 42.0 Å². The minimum absolute atomic E-state index is 0.0586. The van der Waals surface area contributed by atoms with Crippen molar-refractivity contribution in [3.8, 4) is 17.2 Å². The summed E-state index contributed by atoms with van der Waals surface area (Å²) in [6.45, 7) is 5.28. The summed E-state index contributed by atoms with van der Waals surface area (Å²) < 4.78 is 16.5. The van der Waals surface area contributed by atoms with Crippen molar-refractivity contribution in [1.82, 2.24) is 5.32 Å². The van der Waals surface area contributed by atoms with Crippen molar-refractivity contribution in [2.45, 2.75) is 20.4 Å². The van der Waals surface area contributed by atoms with Gasteiger partial charge in [0.05, 0.1) is 13.2 Å². The Hall–Kier alpha value is -2.40. The van der Waals surface area contributed by atoms with Gasteiger partial charge in [-0.15, -0.1) is 0 Å². The first-order valence-electron chi connectivity index (χ1n) is 8.16. The van der Waals surface area contributed by atoms with Crippen molar-refractivity contribution in [2.75, 3.05) is 19.8 Å². The lowest BCUT2D eigenvalue weighted by Crippen LogP contribution is -2.28. The van der Waals surface area contributed by atoms with Gasteiger partial charge in [0, 0.05) is 11.6 Å². The van der Waals surface area contributed by atoms with Gasteiger partial charge in [-0.05, 0) is 55.8 Å². The Morgan fingerprint density at radius 2 is 1.64 bits per heavy atom. The number of carbonyl (C=O) groups is 1. The Morgan fingerprint density at radius 3 is 2.32 bits per heavy atom. The highest BCUT2D eigenvalue weighted by molar-refractivity contribution is 6.30. The highest BCUT2D eigenvalue weighted by atomic mass is 35.5. The lowest BCUT2D eigenvalue weighted by atomic mass is 10.2. The van der Waals surface area contributed by atoms with Gasteiger partial charge in [0.2, 0.25) is 0 Å². The maximum atomic E-state index is 11.9. The van der Waals surface area contributed by atoms with Gasteiger partial charge in [-0.2, -0.15) is 0 Å². The van der Waals surface area contributed by atoms with E-state index in [0.717, 1.165) is 5.56 Å². The van der Waals surface area contributed by atoms with Crippen LogP contribution < -0.4 is 19.5 Å². The molecule has 2 aromatic carbocycles. The first-order valence-corrected chi connectivity index (χ1v) is 8.53. The molecule has 0 spiro atoms. The Labute approximate surface area is 152 Å². The molecule has 0 unspecified atom stereocenters. The van der Waals surface area contributed by atoms with Gasteiger partial charge in [0.1, 0.15) is 5.75 Å². The van der Waals surface area contributed by atoms with Crippen LogP contribution in [0.15, 0.2) is 42.5 Å². The van der Waals surface area contributed by atoms with Crippen LogP contribution >= 0.6 is 11.6 Å². The van der Waals surface area contributed by atoms with E-state index in [4.69, 9.17) is 25.8 Å². The van der Waals surface area contributed by atoms with Gasteiger partial charge in [0.25, 0.3) is 5.91 Å². The summed E-state index contributed by atoms with van der Waals surface area (Å²) in [7, 11) is 0. The van der Waals surface area contributed by atoms with Gasteiger partial charge >= 0.3 is 0 Å². The van der Waals surface area contributed by atoms with Crippen LogP contribution in [0.5, 0.6) is 17.2 Å². The van der Waals surface area contributed by atoms with Crippen LogP contribution in [0.4, 0.5) is 0 Å². The zero-order valence-corrected chi connectivity index (χ0v) is 15.1. The Kier molecular flexibility index (Phi) is 7.41. The van der Waals surface area contributed by atoms with Crippen molar-refractivity contribution in [3.63, 3.8) is 0 Å². The average Bonchev–Trinajstić information content (AvgIpc) is 2.62. The summed E-state index contributed by atoms with van der Waals surface area (Å²) in [4.78, 5) is 11.9.